The van der Waals surface area contributed by atoms with E-state index in [9.17, 15) is 0 Å². The standard InChI is InChI=1S/C25H36N6S/c1-4-29-14-16-30(17-15-29)25-28-31-23(26-21-8-6-5-7-9-21)22(27-24(31)32-25)20-12-10-19(11-13-20)18(2)3/h10-13,18,21,26H,4-9,14-17H2,1-3H3. The Balaban J connectivity index is 1.48. The van der Waals surface area contributed by atoms with Crippen LogP contribution < -0.4 is 10.2 Å². The molecule has 0 atom stereocenters. The summed E-state index contributed by atoms with van der Waals surface area (Å²) in [5.74, 6) is 1.60. The predicted octanol–water partition coefficient (Wildman–Crippen LogP) is 5.47. The monoisotopic (exact) mass is 452 g/mol. The number of likely N-dealkylation sites (N-methyl/N-ethyl adjacent to an activating group) is 1. The van der Waals surface area contributed by atoms with Crippen molar-refractivity contribution in [3.8, 4) is 11.3 Å². The van der Waals surface area contributed by atoms with Crippen LogP contribution in [-0.4, -0.2) is 58.3 Å². The molecule has 1 aromatic carbocycles. The maximum absolute atomic E-state index is 5.09. The van der Waals surface area contributed by atoms with Gasteiger partial charge in [-0.2, -0.15) is 4.52 Å². The van der Waals surface area contributed by atoms with Gasteiger partial charge in [-0.05, 0) is 30.9 Å². The summed E-state index contributed by atoms with van der Waals surface area (Å²) < 4.78 is 2.08. The third kappa shape index (κ3) is 4.37. The van der Waals surface area contributed by atoms with Crippen molar-refractivity contribution in [2.45, 2.75) is 64.8 Å². The molecule has 5 rings (SSSR count). The first-order valence-corrected chi connectivity index (χ1v) is 13.2. The molecular formula is C25H36N6S. The first-order valence-electron chi connectivity index (χ1n) is 12.4. The van der Waals surface area contributed by atoms with Crippen molar-refractivity contribution < 1.29 is 0 Å². The van der Waals surface area contributed by atoms with Crippen molar-refractivity contribution >= 4 is 27.2 Å². The number of benzene rings is 1. The van der Waals surface area contributed by atoms with E-state index in [1.807, 2.05) is 0 Å². The Labute approximate surface area is 195 Å². The van der Waals surface area contributed by atoms with E-state index in [-0.39, 0.29) is 0 Å². The summed E-state index contributed by atoms with van der Waals surface area (Å²) in [4.78, 5) is 11.0. The Morgan fingerprint density at radius 1 is 1.03 bits per heavy atom. The maximum atomic E-state index is 5.09. The SMILES string of the molecule is CCN1CCN(c2nn3c(NC4CCCCC4)c(-c4ccc(C(C)C)cc4)nc3s2)CC1. The van der Waals surface area contributed by atoms with Crippen LogP contribution in [0.2, 0.25) is 0 Å². The molecule has 3 aromatic rings. The van der Waals surface area contributed by atoms with Gasteiger partial charge in [-0.1, -0.05) is 75.6 Å². The zero-order valence-corrected chi connectivity index (χ0v) is 20.5. The second-order valence-corrected chi connectivity index (χ2v) is 10.5. The highest BCUT2D eigenvalue weighted by Gasteiger charge is 2.25. The molecule has 1 N–H and O–H groups in total. The molecule has 2 aliphatic rings. The number of nitrogens with one attached hydrogen (secondary N) is 1. The fourth-order valence-electron chi connectivity index (χ4n) is 4.92. The van der Waals surface area contributed by atoms with Gasteiger partial charge < -0.3 is 15.1 Å². The van der Waals surface area contributed by atoms with E-state index in [0.29, 0.717) is 12.0 Å². The van der Waals surface area contributed by atoms with Crippen LogP contribution in [0.25, 0.3) is 16.2 Å². The predicted molar refractivity (Wildman–Crippen MR) is 135 cm³/mol. The van der Waals surface area contributed by atoms with Crippen molar-refractivity contribution in [3.63, 3.8) is 0 Å². The molecule has 0 radical (unpaired) electrons. The molecule has 0 bridgehead atoms. The molecule has 1 aliphatic carbocycles. The van der Waals surface area contributed by atoms with Crippen LogP contribution in [0.5, 0.6) is 0 Å². The number of fused-ring (bicyclic) bond motifs is 1. The summed E-state index contributed by atoms with van der Waals surface area (Å²) in [6.45, 7) is 12.2. The second kappa shape index (κ2) is 9.40. The smallest absolute Gasteiger partial charge is 0.216 e. The van der Waals surface area contributed by atoms with Crippen LogP contribution in [-0.2, 0) is 0 Å². The van der Waals surface area contributed by atoms with E-state index in [2.05, 4.69) is 64.7 Å². The van der Waals surface area contributed by atoms with E-state index in [0.717, 1.165) is 54.3 Å². The average Bonchev–Trinajstić information content (AvgIpc) is 3.39. The lowest BCUT2D eigenvalue weighted by atomic mass is 9.95. The Kier molecular flexibility index (Phi) is 6.37. The van der Waals surface area contributed by atoms with Gasteiger partial charge in [0.05, 0.1) is 0 Å². The highest BCUT2D eigenvalue weighted by Crippen LogP contribution is 2.35. The number of aromatic nitrogens is 3. The minimum Gasteiger partial charge on any atom is -0.365 e. The lowest BCUT2D eigenvalue weighted by molar-refractivity contribution is 0.271. The molecule has 2 fully saturated rings. The Bertz CT molecular complexity index is 1020. The third-order valence-electron chi connectivity index (χ3n) is 7.08. The average molecular weight is 453 g/mol. The van der Waals surface area contributed by atoms with Crippen LogP contribution in [0, 0.1) is 0 Å². The van der Waals surface area contributed by atoms with E-state index in [1.165, 1.54) is 43.2 Å². The van der Waals surface area contributed by atoms with Gasteiger partial charge in [0.1, 0.15) is 5.69 Å². The molecule has 32 heavy (non-hydrogen) atoms. The van der Waals surface area contributed by atoms with Gasteiger partial charge in [0.15, 0.2) is 5.82 Å². The van der Waals surface area contributed by atoms with Gasteiger partial charge in [0.25, 0.3) is 0 Å². The summed E-state index contributed by atoms with van der Waals surface area (Å²) in [6.07, 6.45) is 6.43. The van der Waals surface area contributed by atoms with E-state index < -0.39 is 0 Å². The van der Waals surface area contributed by atoms with Crippen molar-refractivity contribution in [2.24, 2.45) is 0 Å². The fraction of sp³-hybridized carbons (Fsp3) is 0.600. The fourth-order valence-corrected chi connectivity index (χ4v) is 5.87. The Hall–Kier alpha value is -2.12. The summed E-state index contributed by atoms with van der Waals surface area (Å²) in [5, 5.41) is 10.0. The molecule has 6 nitrogen and oxygen atoms in total. The van der Waals surface area contributed by atoms with Gasteiger partial charge >= 0.3 is 0 Å². The van der Waals surface area contributed by atoms with Gasteiger partial charge in [0.2, 0.25) is 10.1 Å². The number of imidazole rings is 1. The van der Waals surface area contributed by atoms with Crippen LogP contribution in [0.3, 0.4) is 0 Å². The summed E-state index contributed by atoms with van der Waals surface area (Å²) >= 11 is 1.72. The van der Waals surface area contributed by atoms with Gasteiger partial charge in [-0.3, -0.25) is 0 Å². The largest absolute Gasteiger partial charge is 0.365 e. The quantitative estimate of drug-likeness (QED) is 0.538. The second-order valence-electron chi connectivity index (χ2n) is 9.57. The third-order valence-corrected chi connectivity index (χ3v) is 8.05. The molecule has 0 spiro atoms. The number of hydrogen-bond acceptors (Lipinski definition) is 6. The first kappa shape index (κ1) is 21.7. The topological polar surface area (TPSA) is 48.7 Å². The molecular weight excluding hydrogens is 416 g/mol. The van der Waals surface area contributed by atoms with E-state index in [1.54, 1.807) is 11.3 Å². The van der Waals surface area contributed by atoms with Crippen LogP contribution in [0.1, 0.15) is 64.4 Å². The number of hydrogen-bond donors (Lipinski definition) is 1. The number of rotatable bonds is 6. The van der Waals surface area contributed by atoms with Crippen LogP contribution in [0.15, 0.2) is 24.3 Å². The molecule has 0 amide bonds. The molecule has 7 heteroatoms. The molecule has 1 saturated heterocycles. The van der Waals surface area contributed by atoms with Crippen molar-refractivity contribution in [3.05, 3.63) is 29.8 Å². The van der Waals surface area contributed by atoms with E-state index in [4.69, 9.17) is 10.1 Å². The molecule has 1 aliphatic heterocycles. The van der Waals surface area contributed by atoms with E-state index >= 15 is 0 Å². The Morgan fingerprint density at radius 2 is 1.75 bits per heavy atom. The highest BCUT2D eigenvalue weighted by atomic mass is 32.1. The summed E-state index contributed by atoms with van der Waals surface area (Å²) in [5.41, 5.74) is 3.57. The van der Waals surface area contributed by atoms with Crippen LogP contribution in [0.4, 0.5) is 10.9 Å². The van der Waals surface area contributed by atoms with Gasteiger partial charge in [0, 0.05) is 37.8 Å². The highest BCUT2D eigenvalue weighted by molar-refractivity contribution is 7.20. The lowest BCUT2D eigenvalue weighted by Gasteiger charge is -2.33. The number of nitrogens with zero attached hydrogens (tertiary/aromatic N) is 5. The molecule has 2 aromatic heterocycles. The lowest BCUT2D eigenvalue weighted by Crippen LogP contribution is -2.46. The van der Waals surface area contributed by atoms with Crippen molar-refractivity contribution in [1.29, 1.82) is 0 Å². The molecule has 0 unspecified atom stereocenters. The van der Waals surface area contributed by atoms with Gasteiger partial charge in [-0.15, -0.1) is 5.10 Å². The number of piperazine rings is 1. The zero-order chi connectivity index (χ0) is 22.1. The normalized spacial score (nSPS) is 18.7. The summed E-state index contributed by atoms with van der Waals surface area (Å²) in [7, 11) is 0. The van der Waals surface area contributed by atoms with Crippen molar-refractivity contribution in [1.82, 2.24) is 19.5 Å². The number of anilines is 2. The van der Waals surface area contributed by atoms with Crippen LogP contribution >= 0.6 is 11.3 Å². The molecule has 3 heterocycles. The maximum Gasteiger partial charge on any atom is 0.216 e. The molecule has 1 saturated carbocycles. The minimum atomic E-state index is 0.510. The van der Waals surface area contributed by atoms with Crippen molar-refractivity contribution in [2.75, 3.05) is 42.9 Å². The van der Waals surface area contributed by atoms with Gasteiger partial charge in [-0.25, -0.2) is 4.98 Å². The first-order chi connectivity index (χ1) is 15.6. The minimum absolute atomic E-state index is 0.510. The molecule has 172 valence electrons. The summed E-state index contributed by atoms with van der Waals surface area (Å²) in [6, 6.07) is 9.43. The zero-order valence-electron chi connectivity index (χ0n) is 19.7. The Morgan fingerprint density at radius 3 is 2.41 bits per heavy atom.